The number of carbonyl (C=O) groups excluding carboxylic acids is 1. The molecular formula is C20H27NO3Si. The Morgan fingerprint density at radius 1 is 1.32 bits per heavy atom. The van der Waals surface area contributed by atoms with Crippen molar-refractivity contribution in [2.75, 3.05) is 0 Å². The number of aliphatic hydroxyl groups is 1. The number of Topliss-reactive ketones (excluding diaryl/α,β-unsaturated/α-hetero) is 1. The molecule has 1 N–H and O–H groups in total. The van der Waals surface area contributed by atoms with Crippen LogP contribution in [0.15, 0.2) is 30.3 Å². The van der Waals surface area contributed by atoms with E-state index in [9.17, 15) is 15.2 Å². The predicted octanol–water partition coefficient (Wildman–Crippen LogP) is 4.32. The van der Waals surface area contributed by atoms with Crippen LogP contribution in [-0.4, -0.2) is 30.9 Å². The van der Waals surface area contributed by atoms with Gasteiger partial charge < -0.3 is 9.53 Å². The summed E-state index contributed by atoms with van der Waals surface area (Å²) < 4.78 is 6.32. The van der Waals surface area contributed by atoms with E-state index in [2.05, 4.69) is 39.9 Å². The monoisotopic (exact) mass is 357 g/mol. The summed E-state index contributed by atoms with van der Waals surface area (Å²) in [6, 6.07) is 9.35. The second-order valence-corrected chi connectivity index (χ2v) is 13.0. The van der Waals surface area contributed by atoms with Gasteiger partial charge in [-0.2, -0.15) is 5.26 Å². The Hall–Kier alpha value is -1.74. The fraction of sp³-hybridized carbons (Fsp3) is 0.500. The minimum absolute atomic E-state index is 0.0116. The Balaban J connectivity index is 2.26. The molecule has 5 heteroatoms. The fourth-order valence-electron chi connectivity index (χ4n) is 2.74. The summed E-state index contributed by atoms with van der Waals surface area (Å²) in [5.41, 5.74) is -0.312. The summed E-state index contributed by atoms with van der Waals surface area (Å²) >= 11 is 0. The van der Waals surface area contributed by atoms with Crippen LogP contribution in [0.25, 0.3) is 6.08 Å². The lowest BCUT2D eigenvalue weighted by Gasteiger charge is -2.40. The minimum atomic E-state index is -2.11. The summed E-state index contributed by atoms with van der Waals surface area (Å²) in [7, 11) is -2.11. The zero-order chi connectivity index (χ0) is 18.9. The van der Waals surface area contributed by atoms with Crippen LogP contribution in [-0.2, 0) is 4.43 Å². The summed E-state index contributed by atoms with van der Waals surface area (Å²) in [6.07, 6.45) is 3.08. The Morgan fingerprint density at radius 3 is 2.56 bits per heavy atom. The van der Waals surface area contributed by atoms with E-state index in [1.165, 1.54) is 6.08 Å². The van der Waals surface area contributed by atoms with Gasteiger partial charge in [-0.1, -0.05) is 51.1 Å². The average Bonchev–Trinajstić information content (AvgIpc) is 2.50. The number of fused-ring (bicyclic) bond motifs is 1. The molecule has 0 amide bonds. The lowest BCUT2D eigenvalue weighted by Crippen LogP contribution is -2.48. The highest BCUT2D eigenvalue weighted by Crippen LogP contribution is 2.39. The first-order valence-electron chi connectivity index (χ1n) is 8.60. The van der Waals surface area contributed by atoms with Crippen LogP contribution in [0.3, 0.4) is 0 Å². The van der Waals surface area contributed by atoms with Gasteiger partial charge >= 0.3 is 0 Å². The van der Waals surface area contributed by atoms with Gasteiger partial charge in [-0.15, -0.1) is 0 Å². The lowest BCUT2D eigenvalue weighted by atomic mass is 9.81. The van der Waals surface area contributed by atoms with E-state index in [1.807, 2.05) is 12.1 Å². The second kappa shape index (κ2) is 6.87. The van der Waals surface area contributed by atoms with Gasteiger partial charge in [0.25, 0.3) is 0 Å². The first kappa shape index (κ1) is 19.6. The normalized spacial score (nSPS) is 21.6. The van der Waals surface area contributed by atoms with Crippen molar-refractivity contribution in [1.82, 2.24) is 0 Å². The molecule has 2 rings (SSSR count). The molecule has 0 aromatic heterocycles. The highest BCUT2D eigenvalue weighted by atomic mass is 28.4. The van der Waals surface area contributed by atoms with E-state index in [4.69, 9.17) is 4.43 Å². The molecule has 1 aromatic carbocycles. The maximum atomic E-state index is 12.8. The highest BCUT2D eigenvalue weighted by molar-refractivity contribution is 6.74. The van der Waals surface area contributed by atoms with Gasteiger partial charge in [0.05, 0.1) is 18.6 Å². The van der Waals surface area contributed by atoms with E-state index in [-0.39, 0.29) is 23.7 Å². The van der Waals surface area contributed by atoms with E-state index in [1.54, 1.807) is 18.2 Å². The number of nitriles is 1. The van der Waals surface area contributed by atoms with Crippen LogP contribution < -0.4 is 0 Å². The van der Waals surface area contributed by atoms with E-state index >= 15 is 0 Å². The number of nitrogens with zero attached hydrogens (tertiary/aromatic N) is 1. The third-order valence-corrected chi connectivity index (χ3v) is 9.80. The number of rotatable bonds is 5. The Kier molecular flexibility index (Phi) is 5.38. The molecule has 1 aliphatic rings. The van der Waals surface area contributed by atoms with Crippen molar-refractivity contribution < 1.29 is 14.3 Å². The number of ketones is 1. The average molecular weight is 358 g/mol. The van der Waals surface area contributed by atoms with Crippen LogP contribution in [0.1, 0.15) is 49.5 Å². The van der Waals surface area contributed by atoms with Gasteiger partial charge in [0.15, 0.2) is 14.1 Å². The van der Waals surface area contributed by atoms with Crippen molar-refractivity contribution >= 4 is 20.2 Å². The number of hydrogen-bond acceptors (Lipinski definition) is 4. The Labute approximate surface area is 151 Å². The molecule has 134 valence electrons. The molecule has 0 spiro atoms. The van der Waals surface area contributed by atoms with Crippen LogP contribution in [0.2, 0.25) is 18.1 Å². The fourth-order valence-corrected chi connectivity index (χ4v) is 4.10. The highest BCUT2D eigenvalue weighted by Gasteiger charge is 2.44. The van der Waals surface area contributed by atoms with E-state index in [0.717, 1.165) is 5.56 Å². The summed E-state index contributed by atoms with van der Waals surface area (Å²) in [6.45, 7) is 10.6. The van der Waals surface area contributed by atoms with Gasteiger partial charge in [0.1, 0.15) is 5.60 Å². The summed E-state index contributed by atoms with van der Waals surface area (Å²) in [5.74, 6) is -0.327. The van der Waals surface area contributed by atoms with Crippen molar-refractivity contribution in [3.05, 3.63) is 41.5 Å². The van der Waals surface area contributed by atoms with Crippen LogP contribution >= 0.6 is 0 Å². The smallest absolute Gasteiger partial charge is 0.198 e. The maximum Gasteiger partial charge on any atom is 0.198 e. The lowest BCUT2D eigenvalue weighted by molar-refractivity contribution is 0.0280. The zero-order valence-corrected chi connectivity index (χ0v) is 16.7. The number of benzene rings is 1. The zero-order valence-electron chi connectivity index (χ0n) is 15.7. The molecule has 2 unspecified atom stereocenters. The van der Waals surface area contributed by atoms with E-state index in [0.29, 0.717) is 5.56 Å². The first-order valence-corrected chi connectivity index (χ1v) is 11.5. The van der Waals surface area contributed by atoms with Crippen molar-refractivity contribution in [1.29, 1.82) is 5.26 Å². The Morgan fingerprint density at radius 2 is 1.96 bits per heavy atom. The van der Waals surface area contributed by atoms with Crippen molar-refractivity contribution in [3.63, 3.8) is 0 Å². The molecule has 0 saturated carbocycles. The van der Waals surface area contributed by atoms with E-state index < -0.39 is 20.0 Å². The molecule has 0 saturated heterocycles. The predicted molar refractivity (Wildman–Crippen MR) is 102 cm³/mol. The standard InChI is InChI=1S/C20H27NO3Si/c1-19(2,3)25(4,5)24-16(11-13-21)14-20(23)12-10-15-8-6-7-9-17(15)18(20)22/h6-10,12,16,23H,11,14H2,1-5H3. The van der Waals surface area contributed by atoms with Crippen LogP contribution in [0, 0.1) is 11.3 Å². The topological polar surface area (TPSA) is 70.3 Å². The molecule has 1 aromatic rings. The van der Waals surface area contributed by atoms with Crippen molar-refractivity contribution in [2.45, 2.75) is 63.5 Å². The number of carbonyl (C=O) groups is 1. The number of hydrogen-bond donors (Lipinski definition) is 1. The van der Waals surface area contributed by atoms with Gasteiger partial charge in [-0.25, -0.2) is 0 Å². The van der Waals surface area contributed by atoms with Crippen LogP contribution in [0.5, 0.6) is 0 Å². The maximum absolute atomic E-state index is 12.8. The summed E-state index contributed by atoms with van der Waals surface area (Å²) in [5, 5.41) is 20.1. The third-order valence-electron chi connectivity index (χ3n) is 5.26. The molecule has 25 heavy (non-hydrogen) atoms. The molecule has 0 radical (unpaired) electrons. The van der Waals surface area contributed by atoms with Gasteiger partial charge in [-0.05, 0) is 29.8 Å². The Bertz CT molecular complexity index is 727. The SMILES string of the molecule is CC(C)(C)[Si](C)(C)OC(CC#N)CC1(O)C=Cc2ccccc2C1=O. The first-order chi connectivity index (χ1) is 11.5. The molecule has 2 atom stereocenters. The second-order valence-electron chi connectivity index (χ2n) is 8.24. The third kappa shape index (κ3) is 4.09. The minimum Gasteiger partial charge on any atom is -0.413 e. The molecule has 1 aliphatic carbocycles. The summed E-state index contributed by atoms with van der Waals surface area (Å²) in [4.78, 5) is 12.8. The van der Waals surface area contributed by atoms with Gasteiger partial charge in [0, 0.05) is 12.0 Å². The van der Waals surface area contributed by atoms with Crippen molar-refractivity contribution in [3.8, 4) is 6.07 Å². The van der Waals surface area contributed by atoms with Gasteiger partial charge in [-0.3, -0.25) is 4.79 Å². The van der Waals surface area contributed by atoms with Gasteiger partial charge in [0.2, 0.25) is 0 Å². The quantitative estimate of drug-likeness (QED) is 0.797. The van der Waals surface area contributed by atoms with Crippen molar-refractivity contribution in [2.24, 2.45) is 0 Å². The molecular weight excluding hydrogens is 330 g/mol. The molecule has 0 bridgehead atoms. The van der Waals surface area contributed by atoms with Crippen LogP contribution in [0.4, 0.5) is 0 Å². The largest absolute Gasteiger partial charge is 0.413 e. The molecule has 4 nitrogen and oxygen atoms in total. The molecule has 0 heterocycles. The molecule has 0 fully saturated rings. The molecule has 0 aliphatic heterocycles.